The molecular formula is C15H14N4O4. The minimum absolute atomic E-state index is 0.0517. The van der Waals surface area contributed by atoms with Crippen molar-refractivity contribution < 1.29 is 14.8 Å². The molecule has 0 aliphatic carbocycles. The summed E-state index contributed by atoms with van der Waals surface area (Å²) < 4.78 is 0. The number of azo groups is 1. The van der Waals surface area contributed by atoms with E-state index in [-0.39, 0.29) is 28.7 Å². The van der Waals surface area contributed by atoms with Gasteiger partial charge in [-0.05, 0) is 24.3 Å². The Labute approximate surface area is 131 Å². The maximum absolute atomic E-state index is 11.9. The Morgan fingerprint density at radius 1 is 1.13 bits per heavy atom. The summed E-state index contributed by atoms with van der Waals surface area (Å²) >= 11 is 0. The van der Waals surface area contributed by atoms with E-state index >= 15 is 0 Å². The summed E-state index contributed by atoms with van der Waals surface area (Å²) in [6.45, 7) is 0. The highest BCUT2D eigenvalue weighted by Crippen LogP contribution is 2.32. The average molecular weight is 314 g/mol. The quantitative estimate of drug-likeness (QED) is 0.529. The minimum Gasteiger partial charge on any atom is -0.506 e. The standard InChI is InChI=1S/C15H14N4O4/c1-18(2)15(21)10-7-8-14(20)12(9-10)17-16-11-5-3-4-6-13(11)19(22)23/h3-9,20H,1-2H3. The van der Waals surface area contributed by atoms with Gasteiger partial charge in [0.2, 0.25) is 0 Å². The van der Waals surface area contributed by atoms with Crippen molar-refractivity contribution in [2.75, 3.05) is 14.1 Å². The zero-order valence-corrected chi connectivity index (χ0v) is 12.5. The van der Waals surface area contributed by atoms with E-state index in [1.54, 1.807) is 20.2 Å². The zero-order valence-electron chi connectivity index (χ0n) is 12.5. The zero-order chi connectivity index (χ0) is 17.0. The second-order valence-electron chi connectivity index (χ2n) is 4.85. The van der Waals surface area contributed by atoms with Gasteiger partial charge in [0.05, 0.1) is 4.92 Å². The Morgan fingerprint density at radius 2 is 1.78 bits per heavy atom. The maximum Gasteiger partial charge on any atom is 0.296 e. The lowest BCUT2D eigenvalue weighted by atomic mass is 10.1. The molecule has 0 fully saturated rings. The Balaban J connectivity index is 2.38. The second kappa shape index (κ2) is 6.65. The van der Waals surface area contributed by atoms with Crippen LogP contribution in [0.3, 0.4) is 0 Å². The summed E-state index contributed by atoms with van der Waals surface area (Å²) in [5.74, 6) is -0.435. The smallest absolute Gasteiger partial charge is 0.296 e. The van der Waals surface area contributed by atoms with E-state index in [2.05, 4.69) is 10.2 Å². The first-order valence-electron chi connectivity index (χ1n) is 6.60. The number of para-hydroxylation sites is 1. The number of hydrogen-bond donors (Lipinski definition) is 1. The summed E-state index contributed by atoms with van der Waals surface area (Å²) in [6, 6.07) is 10.0. The highest BCUT2D eigenvalue weighted by Gasteiger charge is 2.13. The number of amides is 1. The van der Waals surface area contributed by atoms with Gasteiger partial charge in [-0.3, -0.25) is 14.9 Å². The third-order valence-electron chi connectivity index (χ3n) is 2.97. The van der Waals surface area contributed by atoms with E-state index < -0.39 is 4.92 Å². The molecule has 0 radical (unpaired) electrons. The van der Waals surface area contributed by atoms with Crippen LogP contribution >= 0.6 is 0 Å². The first-order chi connectivity index (χ1) is 10.9. The number of phenolic OH excluding ortho intramolecular Hbond substituents is 1. The fourth-order valence-electron chi connectivity index (χ4n) is 1.81. The monoisotopic (exact) mass is 314 g/mol. The van der Waals surface area contributed by atoms with Gasteiger partial charge in [0.25, 0.3) is 11.6 Å². The van der Waals surface area contributed by atoms with E-state index in [1.165, 1.54) is 41.3 Å². The fourth-order valence-corrected chi connectivity index (χ4v) is 1.81. The van der Waals surface area contributed by atoms with E-state index in [0.29, 0.717) is 5.56 Å². The highest BCUT2D eigenvalue weighted by atomic mass is 16.6. The Hall–Kier alpha value is -3.29. The number of aromatic hydroxyl groups is 1. The van der Waals surface area contributed by atoms with E-state index in [0.717, 1.165) is 0 Å². The number of carbonyl (C=O) groups excluding carboxylic acids is 1. The van der Waals surface area contributed by atoms with Crippen LogP contribution in [0.5, 0.6) is 5.75 Å². The molecule has 0 unspecified atom stereocenters. The van der Waals surface area contributed by atoms with E-state index in [9.17, 15) is 20.0 Å². The molecule has 2 rings (SSSR count). The molecule has 0 bridgehead atoms. The summed E-state index contributed by atoms with van der Waals surface area (Å²) in [6.07, 6.45) is 0. The lowest BCUT2D eigenvalue weighted by Gasteiger charge is -2.10. The molecular weight excluding hydrogens is 300 g/mol. The SMILES string of the molecule is CN(C)C(=O)c1ccc(O)c(N=Nc2ccccc2[N+](=O)[O-])c1. The molecule has 23 heavy (non-hydrogen) atoms. The Morgan fingerprint density at radius 3 is 2.43 bits per heavy atom. The van der Waals surface area contributed by atoms with Crippen LogP contribution < -0.4 is 0 Å². The van der Waals surface area contributed by atoms with Gasteiger partial charge in [-0.2, -0.15) is 0 Å². The van der Waals surface area contributed by atoms with Gasteiger partial charge in [0.15, 0.2) is 5.69 Å². The van der Waals surface area contributed by atoms with Crippen LogP contribution in [-0.2, 0) is 0 Å². The molecule has 1 amide bonds. The predicted octanol–water partition coefficient (Wildman–Crippen LogP) is 3.42. The highest BCUT2D eigenvalue weighted by molar-refractivity contribution is 5.95. The molecule has 0 saturated carbocycles. The number of nitro benzene ring substituents is 1. The van der Waals surface area contributed by atoms with Gasteiger partial charge in [-0.1, -0.05) is 12.1 Å². The van der Waals surface area contributed by atoms with Crippen LogP contribution in [0.15, 0.2) is 52.7 Å². The molecule has 0 heterocycles. The van der Waals surface area contributed by atoms with E-state index in [1.807, 2.05) is 0 Å². The number of phenols is 1. The Bertz CT molecular complexity index is 787. The first kappa shape index (κ1) is 16.1. The van der Waals surface area contributed by atoms with Crippen molar-refractivity contribution in [3.63, 3.8) is 0 Å². The topological polar surface area (TPSA) is 108 Å². The largest absolute Gasteiger partial charge is 0.506 e. The van der Waals surface area contributed by atoms with Crippen molar-refractivity contribution in [1.29, 1.82) is 0 Å². The number of rotatable bonds is 4. The molecule has 2 aromatic rings. The summed E-state index contributed by atoms with van der Waals surface area (Å²) in [5.41, 5.74) is 0.234. The van der Waals surface area contributed by atoms with Crippen LogP contribution in [0.2, 0.25) is 0 Å². The molecule has 2 aromatic carbocycles. The van der Waals surface area contributed by atoms with Crippen LogP contribution in [-0.4, -0.2) is 34.9 Å². The number of carbonyl (C=O) groups is 1. The normalized spacial score (nSPS) is 10.7. The summed E-state index contributed by atoms with van der Waals surface area (Å²) in [7, 11) is 3.20. The Kier molecular flexibility index (Phi) is 4.65. The number of nitro groups is 1. The molecule has 0 atom stereocenters. The molecule has 0 saturated heterocycles. The number of benzene rings is 2. The number of nitrogens with zero attached hydrogens (tertiary/aromatic N) is 4. The molecule has 0 aromatic heterocycles. The van der Waals surface area contributed by atoms with Gasteiger partial charge in [0, 0.05) is 25.7 Å². The van der Waals surface area contributed by atoms with E-state index in [4.69, 9.17) is 0 Å². The van der Waals surface area contributed by atoms with Crippen LogP contribution in [0.25, 0.3) is 0 Å². The van der Waals surface area contributed by atoms with Gasteiger partial charge >= 0.3 is 0 Å². The summed E-state index contributed by atoms with van der Waals surface area (Å²) in [5, 5.41) is 28.3. The maximum atomic E-state index is 11.9. The van der Waals surface area contributed by atoms with Gasteiger partial charge in [0.1, 0.15) is 11.4 Å². The predicted molar refractivity (Wildman–Crippen MR) is 83.4 cm³/mol. The van der Waals surface area contributed by atoms with Crippen LogP contribution in [0.1, 0.15) is 10.4 Å². The van der Waals surface area contributed by atoms with Crippen molar-refractivity contribution in [2.45, 2.75) is 0 Å². The lowest BCUT2D eigenvalue weighted by molar-refractivity contribution is -0.384. The van der Waals surface area contributed by atoms with Crippen molar-refractivity contribution >= 4 is 23.0 Å². The lowest BCUT2D eigenvalue weighted by Crippen LogP contribution is -2.21. The molecule has 118 valence electrons. The van der Waals surface area contributed by atoms with Gasteiger partial charge in [-0.15, -0.1) is 10.2 Å². The molecule has 0 aliphatic heterocycles. The van der Waals surface area contributed by atoms with Crippen LogP contribution in [0.4, 0.5) is 17.1 Å². The summed E-state index contributed by atoms with van der Waals surface area (Å²) in [4.78, 5) is 23.6. The third-order valence-corrected chi connectivity index (χ3v) is 2.97. The fraction of sp³-hybridized carbons (Fsp3) is 0.133. The van der Waals surface area contributed by atoms with Crippen molar-refractivity contribution in [3.8, 4) is 5.75 Å². The second-order valence-corrected chi connectivity index (χ2v) is 4.85. The number of hydrogen-bond acceptors (Lipinski definition) is 6. The van der Waals surface area contributed by atoms with Crippen molar-refractivity contribution in [1.82, 2.24) is 4.90 Å². The molecule has 8 heteroatoms. The molecule has 0 aliphatic rings. The minimum atomic E-state index is -0.569. The molecule has 8 nitrogen and oxygen atoms in total. The van der Waals surface area contributed by atoms with Crippen molar-refractivity contribution in [2.24, 2.45) is 10.2 Å². The first-order valence-corrected chi connectivity index (χ1v) is 6.60. The molecule has 0 spiro atoms. The average Bonchev–Trinajstić information content (AvgIpc) is 2.53. The molecule has 1 N–H and O–H groups in total. The van der Waals surface area contributed by atoms with Gasteiger partial charge < -0.3 is 10.0 Å². The van der Waals surface area contributed by atoms with Crippen LogP contribution in [0, 0.1) is 10.1 Å². The van der Waals surface area contributed by atoms with Gasteiger partial charge in [-0.25, -0.2) is 0 Å². The third kappa shape index (κ3) is 3.67. The van der Waals surface area contributed by atoms with Crippen molar-refractivity contribution in [3.05, 3.63) is 58.1 Å².